The van der Waals surface area contributed by atoms with Crippen LogP contribution in [0.25, 0.3) is 0 Å². The van der Waals surface area contributed by atoms with Crippen molar-refractivity contribution in [2.45, 2.75) is 39.2 Å². The molecule has 2 rings (SSSR count). The summed E-state index contributed by atoms with van der Waals surface area (Å²) in [5.41, 5.74) is 0. The van der Waals surface area contributed by atoms with Gasteiger partial charge in [0, 0.05) is 44.2 Å². The smallest absolute Gasteiger partial charge is 0.242 e. The molecule has 1 aromatic rings. The van der Waals surface area contributed by atoms with E-state index < -0.39 is 0 Å². The quantitative estimate of drug-likeness (QED) is 0.808. The molecule has 18 heavy (non-hydrogen) atoms. The van der Waals surface area contributed by atoms with Crippen molar-refractivity contribution in [1.29, 1.82) is 0 Å². The first kappa shape index (κ1) is 12.8. The molecule has 98 valence electrons. The van der Waals surface area contributed by atoms with Gasteiger partial charge in [0.05, 0.1) is 0 Å². The average molecular weight is 249 g/mol. The number of imidazole rings is 1. The average Bonchev–Trinajstić information content (AvgIpc) is 2.78. The van der Waals surface area contributed by atoms with E-state index in [2.05, 4.69) is 18.8 Å². The first-order valence-electron chi connectivity index (χ1n) is 6.38. The summed E-state index contributed by atoms with van der Waals surface area (Å²) in [7, 11) is 0. The first-order chi connectivity index (χ1) is 8.58. The topological polar surface area (TPSA) is 55.2 Å². The highest BCUT2D eigenvalue weighted by Crippen LogP contribution is 2.13. The maximum Gasteiger partial charge on any atom is 0.242 e. The van der Waals surface area contributed by atoms with Gasteiger partial charge in [-0.25, -0.2) is 4.98 Å². The normalized spacial score (nSPS) is 16.4. The van der Waals surface area contributed by atoms with Gasteiger partial charge in [0.25, 0.3) is 0 Å². The minimum Gasteiger partial charge on any atom is -0.340 e. The molecule has 1 fully saturated rings. The summed E-state index contributed by atoms with van der Waals surface area (Å²) in [5, 5.41) is 0. The molecule has 1 aliphatic heterocycles. The molecule has 1 amide bonds. The fraction of sp³-hybridized carbons (Fsp3) is 0.615. The zero-order chi connectivity index (χ0) is 13.1. The highest BCUT2D eigenvalue weighted by Gasteiger charge is 2.21. The van der Waals surface area contributed by atoms with Crippen molar-refractivity contribution in [2.24, 2.45) is 0 Å². The lowest BCUT2D eigenvalue weighted by atomic mass is 10.1. The Balaban J connectivity index is 1.98. The van der Waals surface area contributed by atoms with Gasteiger partial charge in [-0.05, 0) is 0 Å². The lowest BCUT2D eigenvalue weighted by Gasteiger charge is -2.26. The molecule has 5 nitrogen and oxygen atoms in total. The molecule has 0 N–H and O–H groups in total. The summed E-state index contributed by atoms with van der Waals surface area (Å²) in [6.07, 6.45) is 4.55. The fourth-order valence-corrected chi connectivity index (χ4v) is 2.21. The molecule has 5 heteroatoms. The summed E-state index contributed by atoms with van der Waals surface area (Å²) >= 11 is 0. The number of Topliss-reactive ketones (excluding diaryl/α,β-unsaturated/α-hetero) is 1. The number of carbonyl (C=O) groups excluding carboxylic acids is 2. The SMILES string of the molecule is CC(C)c1nccn1CC(=O)N1CCC(=O)CC1. The van der Waals surface area contributed by atoms with Gasteiger partial charge in [0.2, 0.25) is 5.91 Å². The van der Waals surface area contributed by atoms with Gasteiger partial charge in [0.15, 0.2) is 0 Å². The summed E-state index contributed by atoms with van der Waals surface area (Å²) < 4.78 is 1.89. The fourth-order valence-electron chi connectivity index (χ4n) is 2.21. The van der Waals surface area contributed by atoms with E-state index >= 15 is 0 Å². The van der Waals surface area contributed by atoms with Crippen LogP contribution < -0.4 is 0 Å². The van der Waals surface area contributed by atoms with E-state index in [9.17, 15) is 9.59 Å². The van der Waals surface area contributed by atoms with Crippen LogP contribution in [-0.4, -0.2) is 39.2 Å². The number of hydrogen-bond acceptors (Lipinski definition) is 3. The van der Waals surface area contributed by atoms with Crippen LogP contribution in [0.5, 0.6) is 0 Å². The predicted octanol–water partition coefficient (Wildman–Crippen LogP) is 1.20. The maximum absolute atomic E-state index is 12.1. The minimum atomic E-state index is 0.0717. The molecule has 0 atom stereocenters. The Morgan fingerprint density at radius 1 is 1.39 bits per heavy atom. The van der Waals surface area contributed by atoms with Crippen LogP contribution in [0.3, 0.4) is 0 Å². The number of amides is 1. The van der Waals surface area contributed by atoms with E-state index in [0.29, 0.717) is 38.4 Å². The molecule has 0 spiro atoms. The number of nitrogens with zero attached hydrogens (tertiary/aromatic N) is 3. The van der Waals surface area contributed by atoms with E-state index in [1.165, 1.54) is 0 Å². The van der Waals surface area contributed by atoms with E-state index in [1.54, 1.807) is 11.1 Å². The number of rotatable bonds is 3. The van der Waals surface area contributed by atoms with Gasteiger partial charge in [-0.2, -0.15) is 0 Å². The first-order valence-corrected chi connectivity index (χ1v) is 6.38. The van der Waals surface area contributed by atoms with Crippen LogP contribution in [0, 0.1) is 0 Å². The number of aromatic nitrogens is 2. The summed E-state index contributed by atoms with van der Waals surface area (Å²) in [4.78, 5) is 29.3. The highest BCUT2D eigenvalue weighted by molar-refractivity contribution is 5.83. The largest absolute Gasteiger partial charge is 0.340 e. The lowest BCUT2D eigenvalue weighted by molar-refractivity contribution is -0.135. The van der Waals surface area contributed by atoms with Gasteiger partial charge in [-0.15, -0.1) is 0 Å². The molecule has 0 unspecified atom stereocenters. The van der Waals surface area contributed by atoms with Crippen LogP contribution in [0.1, 0.15) is 38.4 Å². The molecule has 1 aromatic heterocycles. The summed E-state index contributed by atoms with van der Waals surface area (Å²) in [6, 6.07) is 0. The second-order valence-corrected chi connectivity index (χ2v) is 4.99. The Bertz CT molecular complexity index is 441. The van der Waals surface area contributed by atoms with Gasteiger partial charge in [-0.3, -0.25) is 9.59 Å². The van der Waals surface area contributed by atoms with E-state index in [0.717, 1.165) is 5.82 Å². The van der Waals surface area contributed by atoms with Crippen molar-refractivity contribution in [3.05, 3.63) is 18.2 Å². The van der Waals surface area contributed by atoms with Crippen molar-refractivity contribution in [3.8, 4) is 0 Å². The number of piperidine rings is 1. The predicted molar refractivity (Wildman–Crippen MR) is 67.1 cm³/mol. The van der Waals surface area contributed by atoms with Crippen molar-refractivity contribution < 1.29 is 9.59 Å². The van der Waals surface area contributed by atoms with E-state index in [4.69, 9.17) is 0 Å². The Kier molecular flexibility index (Phi) is 3.79. The monoisotopic (exact) mass is 249 g/mol. The number of likely N-dealkylation sites (tertiary alicyclic amines) is 1. The molecular formula is C13H19N3O2. The van der Waals surface area contributed by atoms with Gasteiger partial charge < -0.3 is 9.47 Å². The second kappa shape index (κ2) is 5.33. The molecule has 0 aliphatic carbocycles. The van der Waals surface area contributed by atoms with Crippen LogP contribution >= 0.6 is 0 Å². The highest BCUT2D eigenvalue weighted by atomic mass is 16.2. The van der Waals surface area contributed by atoms with Gasteiger partial charge in [0.1, 0.15) is 18.2 Å². The molecule has 0 radical (unpaired) electrons. The number of carbonyl (C=O) groups is 2. The van der Waals surface area contributed by atoms with Gasteiger partial charge in [-0.1, -0.05) is 13.8 Å². The van der Waals surface area contributed by atoms with Crippen LogP contribution in [0.15, 0.2) is 12.4 Å². The standard InChI is InChI=1S/C13H19N3O2/c1-10(2)13-14-5-8-16(13)9-12(18)15-6-3-11(17)4-7-15/h5,8,10H,3-4,6-7,9H2,1-2H3. The molecule has 0 bridgehead atoms. The zero-order valence-corrected chi connectivity index (χ0v) is 10.9. The molecular weight excluding hydrogens is 230 g/mol. The second-order valence-electron chi connectivity index (χ2n) is 4.99. The van der Waals surface area contributed by atoms with E-state index in [1.807, 2.05) is 10.8 Å². The Labute approximate surface area is 107 Å². The van der Waals surface area contributed by atoms with Crippen LogP contribution in [0.4, 0.5) is 0 Å². The molecule has 1 saturated heterocycles. The third kappa shape index (κ3) is 2.78. The van der Waals surface area contributed by atoms with Gasteiger partial charge >= 0.3 is 0 Å². The Morgan fingerprint density at radius 2 is 2.06 bits per heavy atom. The molecule has 0 saturated carbocycles. The molecule has 2 heterocycles. The van der Waals surface area contributed by atoms with Crippen molar-refractivity contribution in [1.82, 2.24) is 14.5 Å². The van der Waals surface area contributed by atoms with Crippen molar-refractivity contribution >= 4 is 11.7 Å². The summed E-state index contributed by atoms with van der Waals surface area (Å²) in [6.45, 7) is 5.56. The Hall–Kier alpha value is -1.65. The third-order valence-corrected chi connectivity index (χ3v) is 3.24. The number of ketones is 1. The van der Waals surface area contributed by atoms with E-state index in [-0.39, 0.29) is 11.7 Å². The minimum absolute atomic E-state index is 0.0717. The molecule has 1 aliphatic rings. The van der Waals surface area contributed by atoms with Crippen LogP contribution in [0.2, 0.25) is 0 Å². The number of hydrogen-bond donors (Lipinski definition) is 0. The maximum atomic E-state index is 12.1. The van der Waals surface area contributed by atoms with Crippen molar-refractivity contribution in [3.63, 3.8) is 0 Å². The van der Waals surface area contributed by atoms with Crippen LogP contribution in [-0.2, 0) is 16.1 Å². The molecule has 0 aromatic carbocycles. The Morgan fingerprint density at radius 3 is 2.67 bits per heavy atom. The summed E-state index contributed by atoms with van der Waals surface area (Å²) in [5.74, 6) is 1.55. The zero-order valence-electron chi connectivity index (χ0n) is 10.9. The van der Waals surface area contributed by atoms with Crippen molar-refractivity contribution in [2.75, 3.05) is 13.1 Å². The lowest BCUT2D eigenvalue weighted by Crippen LogP contribution is -2.40. The third-order valence-electron chi connectivity index (χ3n) is 3.24.